The summed E-state index contributed by atoms with van der Waals surface area (Å²) >= 11 is 0. The SMILES string of the molecule is CC\C=C/C=C\C=C/CCCCCCCCCC(=O)OCC(COC(=O)CCCCC/C=C\C/C=C\C/C=C\C/C=C\C/C=C\CC)OC(=O)CCCCCCCCCCCCCCCCCCCC. The Bertz CT molecular complexity index is 1400. The van der Waals surface area contributed by atoms with E-state index in [1.807, 2.05) is 0 Å². The fraction of sp³-hybridized carbons (Fsp3) is 0.703. The summed E-state index contributed by atoms with van der Waals surface area (Å²) in [6, 6.07) is 0. The maximum Gasteiger partial charge on any atom is 0.306 e. The van der Waals surface area contributed by atoms with Crippen LogP contribution in [0.4, 0.5) is 0 Å². The average Bonchev–Trinajstić information content (AvgIpc) is 3.36. The van der Waals surface area contributed by atoms with Gasteiger partial charge < -0.3 is 14.2 Å². The lowest BCUT2D eigenvalue weighted by Gasteiger charge is -2.18. The van der Waals surface area contributed by atoms with Crippen LogP contribution in [-0.4, -0.2) is 37.2 Å². The fourth-order valence-corrected chi connectivity index (χ4v) is 8.06. The molecule has 0 fully saturated rings. The lowest BCUT2D eigenvalue weighted by molar-refractivity contribution is -0.167. The van der Waals surface area contributed by atoms with E-state index in [9.17, 15) is 14.4 Å². The van der Waals surface area contributed by atoms with Crippen LogP contribution in [0.5, 0.6) is 0 Å². The van der Waals surface area contributed by atoms with E-state index in [-0.39, 0.29) is 31.1 Å². The Balaban J connectivity index is 4.44. The van der Waals surface area contributed by atoms with E-state index in [4.69, 9.17) is 14.2 Å². The van der Waals surface area contributed by atoms with E-state index in [1.165, 1.54) is 122 Å². The van der Waals surface area contributed by atoms with Crippen molar-refractivity contribution in [3.63, 3.8) is 0 Å². The smallest absolute Gasteiger partial charge is 0.306 e. The topological polar surface area (TPSA) is 78.9 Å². The van der Waals surface area contributed by atoms with Crippen molar-refractivity contribution in [1.29, 1.82) is 0 Å². The summed E-state index contributed by atoms with van der Waals surface area (Å²) in [7, 11) is 0. The van der Waals surface area contributed by atoms with E-state index >= 15 is 0 Å². The maximum absolute atomic E-state index is 12.9. The lowest BCUT2D eigenvalue weighted by atomic mass is 10.0. The molecule has 400 valence electrons. The molecule has 0 aromatic carbocycles. The van der Waals surface area contributed by atoms with Gasteiger partial charge in [-0.25, -0.2) is 0 Å². The highest BCUT2D eigenvalue weighted by Crippen LogP contribution is 2.16. The Morgan fingerprint density at radius 3 is 1.04 bits per heavy atom. The van der Waals surface area contributed by atoms with Crippen LogP contribution < -0.4 is 0 Å². The van der Waals surface area contributed by atoms with Crippen LogP contribution in [0.25, 0.3) is 0 Å². The molecule has 0 saturated heterocycles. The number of allylic oxidation sites excluding steroid dienone is 16. The molecule has 0 aliphatic heterocycles. The molecule has 0 N–H and O–H groups in total. The standard InChI is InChI=1S/C64H108O6/c1-4-7-10-13-16-19-22-25-28-30-32-34-36-39-42-45-48-51-54-57-63(66)69-60-61(59-68-62(65)56-53-50-47-44-41-38-35-27-24-21-18-15-12-9-6-3)70-64(67)58-55-52-49-46-43-40-37-33-31-29-26-23-20-17-14-11-8-5-2/h7,9-10,12,15-16,18-19,21,24-25,28,32,34,39,42,61H,4-6,8,11,13-14,17,20,22-23,26-27,29-31,33,35-38,40-41,43-60H2,1-3H3/b10-7-,12-9-,18-15-,19-16-,24-21-,28-25-,34-32-,42-39-. The van der Waals surface area contributed by atoms with Crippen molar-refractivity contribution in [1.82, 2.24) is 0 Å². The summed E-state index contributed by atoms with van der Waals surface area (Å²) < 4.78 is 16.9. The summed E-state index contributed by atoms with van der Waals surface area (Å²) in [6.07, 6.45) is 76.8. The highest BCUT2D eigenvalue weighted by Gasteiger charge is 2.19. The number of unbranched alkanes of at least 4 members (excludes halogenated alkanes) is 27. The predicted molar refractivity (Wildman–Crippen MR) is 302 cm³/mol. The summed E-state index contributed by atoms with van der Waals surface area (Å²) in [6.45, 7) is 6.38. The molecule has 0 amide bonds. The zero-order chi connectivity index (χ0) is 50.7. The van der Waals surface area contributed by atoms with Gasteiger partial charge >= 0.3 is 17.9 Å². The third-order valence-electron chi connectivity index (χ3n) is 12.4. The minimum Gasteiger partial charge on any atom is -0.462 e. The van der Waals surface area contributed by atoms with Crippen molar-refractivity contribution in [2.75, 3.05) is 13.2 Å². The molecule has 1 atom stereocenters. The summed E-state index contributed by atoms with van der Waals surface area (Å²) in [4.78, 5) is 38.2. The van der Waals surface area contributed by atoms with Gasteiger partial charge in [0.2, 0.25) is 0 Å². The van der Waals surface area contributed by atoms with E-state index < -0.39 is 6.10 Å². The average molecular weight is 974 g/mol. The largest absolute Gasteiger partial charge is 0.462 e. The van der Waals surface area contributed by atoms with Crippen LogP contribution in [0.15, 0.2) is 97.2 Å². The molecule has 0 rings (SSSR count). The Hall–Kier alpha value is -3.67. The molecule has 0 aliphatic rings. The number of rotatable bonds is 52. The first-order valence-electron chi connectivity index (χ1n) is 29.3. The Morgan fingerprint density at radius 2 is 0.629 bits per heavy atom. The molecule has 0 radical (unpaired) electrons. The quantitative estimate of drug-likeness (QED) is 0.0199. The Morgan fingerprint density at radius 1 is 0.314 bits per heavy atom. The molecule has 0 aromatic heterocycles. The van der Waals surface area contributed by atoms with Gasteiger partial charge in [-0.15, -0.1) is 0 Å². The van der Waals surface area contributed by atoms with Crippen LogP contribution in [0, 0.1) is 0 Å². The molecule has 0 spiro atoms. The molecule has 0 aliphatic carbocycles. The van der Waals surface area contributed by atoms with Crippen molar-refractivity contribution in [2.24, 2.45) is 0 Å². The van der Waals surface area contributed by atoms with Crippen molar-refractivity contribution < 1.29 is 28.6 Å². The number of carbonyl (C=O) groups excluding carboxylic acids is 3. The summed E-state index contributed by atoms with van der Waals surface area (Å²) in [5.74, 6) is -0.930. The second kappa shape index (κ2) is 57.9. The monoisotopic (exact) mass is 973 g/mol. The van der Waals surface area contributed by atoms with Crippen molar-refractivity contribution >= 4 is 17.9 Å². The molecule has 0 heterocycles. The normalized spacial score (nSPS) is 12.8. The third kappa shape index (κ3) is 55.3. The van der Waals surface area contributed by atoms with Gasteiger partial charge in [-0.3, -0.25) is 14.4 Å². The Kier molecular flexibility index (Phi) is 54.9. The summed E-state index contributed by atoms with van der Waals surface area (Å²) in [5.41, 5.74) is 0. The minimum absolute atomic E-state index is 0.0933. The third-order valence-corrected chi connectivity index (χ3v) is 12.4. The van der Waals surface area contributed by atoms with E-state index in [1.54, 1.807) is 0 Å². The molecule has 70 heavy (non-hydrogen) atoms. The zero-order valence-electron chi connectivity index (χ0n) is 45.8. The van der Waals surface area contributed by atoms with Crippen LogP contribution >= 0.6 is 0 Å². The van der Waals surface area contributed by atoms with Gasteiger partial charge in [0.15, 0.2) is 6.10 Å². The first-order chi connectivity index (χ1) is 34.5. The second-order valence-corrected chi connectivity index (χ2v) is 19.2. The van der Waals surface area contributed by atoms with E-state index in [0.717, 1.165) is 109 Å². The first kappa shape index (κ1) is 66.3. The van der Waals surface area contributed by atoms with Crippen LogP contribution in [0.1, 0.15) is 271 Å². The number of hydrogen-bond acceptors (Lipinski definition) is 6. The van der Waals surface area contributed by atoms with Gasteiger partial charge in [0, 0.05) is 19.3 Å². The van der Waals surface area contributed by atoms with Gasteiger partial charge in [-0.2, -0.15) is 0 Å². The number of esters is 3. The summed E-state index contributed by atoms with van der Waals surface area (Å²) in [5, 5.41) is 0. The highest BCUT2D eigenvalue weighted by molar-refractivity contribution is 5.71. The number of carbonyl (C=O) groups is 3. The molecule has 0 aromatic rings. The molecular formula is C64H108O6. The van der Waals surface area contributed by atoms with Crippen LogP contribution in [0.3, 0.4) is 0 Å². The zero-order valence-corrected chi connectivity index (χ0v) is 45.8. The maximum atomic E-state index is 12.9. The van der Waals surface area contributed by atoms with Gasteiger partial charge in [-0.05, 0) is 83.5 Å². The number of ether oxygens (including phenoxy) is 3. The van der Waals surface area contributed by atoms with Crippen molar-refractivity contribution in [3.8, 4) is 0 Å². The lowest BCUT2D eigenvalue weighted by Crippen LogP contribution is -2.30. The van der Waals surface area contributed by atoms with E-state index in [0.29, 0.717) is 19.3 Å². The van der Waals surface area contributed by atoms with Gasteiger partial charge in [0.25, 0.3) is 0 Å². The molecule has 0 saturated carbocycles. The fourth-order valence-electron chi connectivity index (χ4n) is 8.06. The molecule has 6 heteroatoms. The number of hydrogen-bond donors (Lipinski definition) is 0. The first-order valence-corrected chi connectivity index (χ1v) is 29.3. The molecule has 0 bridgehead atoms. The van der Waals surface area contributed by atoms with Gasteiger partial charge in [0.1, 0.15) is 13.2 Å². The molecular weight excluding hydrogens is 865 g/mol. The van der Waals surface area contributed by atoms with Crippen molar-refractivity contribution in [2.45, 2.75) is 277 Å². The van der Waals surface area contributed by atoms with E-state index in [2.05, 4.69) is 118 Å². The second-order valence-electron chi connectivity index (χ2n) is 19.2. The molecule has 1 unspecified atom stereocenters. The Labute approximate surface area is 432 Å². The molecule has 6 nitrogen and oxygen atoms in total. The minimum atomic E-state index is -0.796. The highest BCUT2D eigenvalue weighted by atomic mass is 16.6. The van der Waals surface area contributed by atoms with Gasteiger partial charge in [-0.1, -0.05) is 266 Å². The van der Waals surface area contributed by atoms with Gasteiger partial charge in [0.05, 0.1) is 0 Å². The van der Waals surface area contributed by atoms with Crippen molar-refractivity contribution in [3.05, 3.63) is 97.2 Å². The predicted octanol–water partition coefficient (Wildman–Crippen LogP) is 19.7. The van der Waals surface area contributed by atoms with Crippen LogP contribution in [0.2, 0.25) is 0 Å². The van der Waals surface area contributed by atoms with Crippen LogP contribution in [-0.2, 0) is 28.6 Å².